The second-order valence-electron chi connectivity index (χ2n) is 27.3. The van der Waals surface area contributed by atoms with Gasteiger partial charge in [0.1, 0.15) is 19.3 Å². The van der Waals surface area contributed by atoms with E-state index in [0.29, 0.717) is 25.7 Å². The van der Waals surface area contributed by atoms with Crippen LogP contribution in [0, 0.1) is 5.92 Å². The molecule has 0 aromatic heterocycles. The molecule has 3 unspecified atom stereocenters. The second-order valence-corrected chi connectivity index (χ2v) is 30.2. The Labute approximate surface area is 575 Å². The smallest absolute Gasteiger partial charge is 0.462 e. The van der Waals surface area contributed by atoms with Gasteiger partial charge in [0.05, 0.1) is 26.4 Å². The molecule has 0 spiro atoms. The number of carbonyl (C=O) groups is 4. The zero-order chi connectivity index (χ0) is 69.1. The summed E-state index contributed by atoms with van der Waals surface area (Å²) in [5.41, 5.74) is 0. The summed E-state index contributed by atoms with van der Waals surface area (Å²) in [7, 11) is -9.91. The number of unbranched alkanes of at least 4 members (excludes halogenated alkanes) is 46. The zero-order valence-electron chi connectivity index (χ0n) is 61.1. The van der Waals surface area contributed by atoms with Crippen LogP contribution in [0.2, 0.25) is 0 Å². The molecule has 19 heteroatoms. The summed E-state index contributed by atoms with van der Waals surface area (Å²) in [5, 5.41) is 10.6. The topological polar surface area (TPSA) is 237 Å². The average Bonchev–Trinajstić information content (AvgIpc) is 1.73. The van der Waals surface area contributed by atoms with Gasteiger partial charge in [-0.05, 0) is 31.6 Å². The highest BCUT2D eigenvalue weighted by Crippen LogP contribution is 2.45. The number of phosphoric ester groups is 2. The molecule has 17 nitrogen and oxygen atoms in total. The Hall–Kier alpha value is -1.94. The van der Waals surface area contributed by atoms with Gasteiger partial charge in [-0.25, -0.2) is 9.13 Å². The van der Waals surface area contributed by atoms with E-state index in [9.17, 15) is 43.2 Å². The molecule has 0 amide bonds. The van der Waals surface area contributed by atoms with E-state index in [0.717, 1.165) is 102 Å². The molecule has 0 aliphatic carbocycles. The first-order chi connectivity index (χ1) is 45.6. The van der Waals surface area contributed by atoms with Crippen LogP contribution in [-0.2, 0) is 65.4 Å². The second kappa shape index (κ2) is 68.2. The predicted molar refractivity (Wildman–Crippen MR) is 382 cm³/mol. The molecular weight excluding hydrogens is 1230 g/mol. The van der Waals surface area contributed by atoms with E-state index in [1.807, 2.05) is 0 Å². The van der Waals surface area contributed by atoms with Crippen LogP contribution >= 0.6 is 15.6 Å². The van der Waals surface area contributed by atoms with E-state index in [-0.39, 0.29) is 25.7 Å². The molecule has 0 heterocycles. The maximum atomic E-state index is 13.1. The number of esters is 4. The van der Waals surface area contributed by atoms with Crippen LogP contribution in [0.5, 0.6) is 0 Å². The van der Waals surface area contributed by atoms with Crippen molar-refractivity contribution in [1.29, 1.82) is 0 Å². The fraction of sp³-hybridized carbons (Fsp3) is 0.947. The Morgan fingerprint density at radius 2 is 0.511 bits per heavy atom. The van der Waals surface area contributed by atoms with Crippen molar-refractivity contribution in [2.24, 2.45) is 5.92 Å². The molecule has 0 bridgehead atoms. The van der Waals surface area contributed by atoms with Gasteiger partial charge >= 0.3 is 39.5 Å². The molecule has 558 valence electrons. The molecular formula is C75H146O17P2. The first-order valence-electron chi connectivity index (χ1n) is 39.2. The monoisotopic (exact) mass is 1380 g/mol. The Bertz CT molecular complexity index is 1810. The fourth-order valence-electron chi connectivity index (χ4n) is 11.5. The Morgan fingerprint density at radius 1 is 0.298 bits per heavy atom. The minimum absolute atomic E-state index is 0.107. The van der Waals surface area contributed by atoms with E-state index in [2.05, 4.69) is 34.6 Å². The molecule has 6 atom stereocenters. The molecule has 0 aromatic carbocycles. The number of rotatable bonds is 75. The molecule has 0 aliphatic heterocycles. The van der Waals surface area contributed by atoms with Gasteiger partial charge in [-0.15, -0.1) is 0 Å². The van der Waals surface area contributed by atoms with Crippen molar-refractivity contribution in [3.8, 4) is 0 Å². The third-order valence-corrected chi connectivity index (χ3v) is 19.8. The van der Waals surface area contributed by atoms with Gasteiger partial charge in [0.15, 0.2) is 12.2 Å². The lowest BCUT2D eigenvalue weighted by Crippen LogP contribution is -2.30. The molecule has 94 heavy (non-hydrogen) atoms. The summed E-state index contributed by atoms with van der Waals surface area (Å²) >= 11 is 0. The van der Waals surface area contributed by atoms with E-state index in [1.165, 1.54) is 212 Å². The average molecular weight is 1380 g/mol. The van der Waals surface area contributed by atoms with Crippen LogP contribution in [0.25, 0.3) is 0 Å². The molecule has 0 radical (unpaired) electrons. The predicted octanol–water partition coefficient (Wildman–Crippen LogP) is 22.1. The van der Waals surface area contributed by atoms with Crippen molar-refractivity contribution in [1.82, 2.24) is 0 Å². The molecule has 3 N–H and O–H groups in total. The van der Waals surface area contributed by atoms with Crippen molar-refractivity contribution in [3.05, 3.63) is 0 Å². The van der Waals surface area contributed by atoms with Crippen LogP contribution in [0.15, 0.2) is 0 Å². The Morgan fingerprint density at radius 3 is 0.755 bits per heavy atom. The first kappa shape index (κ1) is 92.1. The molecule has 0 aromatic rings. The molecule has 0 saturated heterocycles. The molecule has 0 aliphatic rings. The van der Waals surface area contributed by atoms with Crippen LogP contribution in [0.4, 0.5) is 0 Å². The van der Waals surface area contributed by atoms with Gasteiger partial charge in [0, 0.05) is 25.7 Å². The molecule has 0 fully saturated rings. The summed E-state index contributed by atoms with van der Waals surface area (Å²) in [6, 6.07) is 0. The SMILES string of the molecule is CCCCCCCCCCCCCCCCCCCC(=O)O[C@H](COC(=O)CCCCCCCCCCCCCCCC)COP(=O)(O)OC[C@@H](O)COP(=O)(O)OC[C@@H](COC(=O)CCCCCCCCC(C)CC)OC(=O)CCCCCCCCCCCCCCC. The number of carbonyl (C=O) groups excluding carboxylic acids is 4. The lowest BCUT2D eigenvalue weighted by molar-refractivity contribution is -0.161. The number of ether oxygens (including phenoxy) is 4. The lowest BCUT2D eigenvalue weighted by atomic mass is 10.00. The van der Waals surface area contributed by atoms with Gasteiger partial charge in [0.25, 0.3) is 0 Å². The maximum Gasteiger partial charge on any atom is 0.472 e. The minimum Gasteiger partial charge on any atom is -0.462 e. The van der Waals surface area contributed by atoms with Crippen LogP contribution in [0.1, 0.15) is 394 Å². The van der Waals surface area contributed by atoms with E-state index in [1.54, 1.807) is 0 Å². The maximum absolute atomic E-state index is 13.1. The highest BCUT2D eigenvalue weighted by Gasteiger charge is 2.30. The van der Waals surface area contributed by atoms with E-state index in [4.69, 9.17) is 37.0 Å². The first-order valence-corrected chi connectivity index (χ1v) is 42.2. The van der Waals surface area contributed by atoms with Crippen molar-refractivity contribution in [2.75, 3.05) is 39.6 Å². The van der Waals surface area contributed by atoms with Crippen molar-refractivity contribution >= 4 is 39.5 Å². The normalized spacial score (nSPS) is 14.3. The highest BCUT2D eigenvalue weighted by molar-refractivity contribution is 7.47. The summed E-state index contributed by atoms with van der Waals surface area (Å²) < 4.78 is 68.5. The van der Waals surface area contributed by atoms with Gasteiger partial charge in [-0.3, -0.25) is 37.3 Å². The van der Waals surface area contributed by atoms with E-state index >= 15 is 0 Å². The molecule has 0 rings (SSSR count). The minimum atomic E-state index is -4.96. The number of aliphatic hydroxyl groups excluding tert-OH is 1. The zero-order valence-corrected chi connectivity index (χ0v) is 62.9. The molecule has 0 saturated carbocycles. The quantitative estimate of drug-likeness (QED) is 0.0222. The van der Waals surface area contributed by atoms with Gasteiger partial charge in [0.2, 0.25) is 0 Å². The van der Waals surface area contributed by atoms with Gasteiger partial charge < -0.3 is 33.8 Å². The number of hydrogen-bond acceptors (Lipinski definition) is 15. The third kappa shape index (κ3) is 67.3. The van der Waals surface area contributed by atoms with Crippen LogP contribution < -0.4 is 0 Å². The summed E-state index contributed by atoms with van der Waals surface area (Å²) in [6.07, 6.45) is 56.8. The number of hydrogen-bond donors (Lipinski definition) is 3. The Balaban J connectivity index is 5.25. The fourth-order valence-corrected chi connectivity index (χ4v) is 13.1. The van der Waals surface area contributed by atoms with Crippen molar-refractivity contribution < 1.29 is 80.2 Å². The highest BCUT2D eigenvalue weighted by atomic mass is 31.2. The van der Waals surface area contributed by atoms with Crippen molar-refractivity contribution in [3.63, 3.8) is 0 Å². The largest absolute Gasteiger partial charge is 0.472 e. The van der Waals surface area contributed by atoms with Crippen LogP contribution in [-0.4, -0.2) is 96.7 Å². The number of aliphatic hydroxyl groups is 1. The standard InChI is InChI=1S/C75H146O17P2/c1-6-10-13-16-19-22-25-28-30-31-32-35-38-41-44-51-56-61-74(79)91-70(64-85-72(77)58-53-48-42-39-36-34-29-26-23-20-17-14-11-7-2)66-89-93(81,82)87-62-69(76)63-88-94(83,84)90-67-71(65-86-73(78)59-54-49-46-45-47-52-57-68(5)9-4)92-75(80)60-55-50-43-40-37-33-27-24-21-18-15-12-8-3/h68-71,76H,6-67H2,1-5H3,(H,81,82)(H,83,84)/t68?,69-,70-,71-/m1/s1. The summed E-state index contributed by atoms with van der Waals surface area (Å²) in [6.45, 7) is 7.26. The third-order valence-electron chi connectivity index (χ3n) is 17.9. The van der Waals surface area contributed by atoms with Crippen LogP contribution in [0.3, 0.4) is 0 Å². The summed E-state index contributed by atoms with van der Waals surface area (Å²) in [4.78, 5) is 72.8. The van der Waals surface area contributed by atoms with Gasteiger partial charge in [-0.1, -0.05) is 343 Å². The number of phosphoric acid groups is 2. The lowest BCUT2D eigenvalue weighted by Gasteiger charge is -2.21. The van der Waals surface area contributed by atoms with Crippen molar-refractivity contribution in [2.45, 2.75) is 412 Å². The Kier molecular flexibility index (Phi) is 66.8. The summed E-state index contributed by atoms with van der Waals surface area (Å²) in [5.74, 6) is -1.38. The van der Waals surface area contributed by atoms with Gasteiger partial charge in [-0.2, -0.15) is 0 Å². The van der Waals surface area contributed by atoms with E-state index < -0.39 is 97.5 Å².